The molecule has 130 valence electrons. The first-order valence-corrected chi connectivity index (χ1v) is 7.40. The summed E-state index contributed by atoms with van der Waals surface area (Å²) in [7, 11) is 5.41. The fourth-order valence-corrected chi connectivity index (χ4v) is 3.02. The van der Waals surface area contributed by atoms with E-state index in [4.69, 9.17) is 18.9 Å². The fraction of sp³-hybridized carbons (Fsp3) is 0.471. The van der Waals surface area contributed by atoms with Crippen molar-refractivity contribution in [3.05, 3.63) is 23.3 Å². The van der Waals surface area contributed by atoms with Crippen molar-refractivity contribution < 1.29 is 33.3 Å². The predicted octanol–water partition coefficient (Wildman–Crippen LogP) is 0.950. The van der Waals surface area contributed by atoms with Gasteiger partial charge in [-0.3, -0.25) is 14.4 Å². The van der Waals surface area contributed by atoms with E-state index in [1.165, 1.54) is 28.4 Å². The van der Waals surface area contributed by atoms with E-state index in [9.17, 15) is 14.4 Å². The monoisotopic (exact) mass is 336 g/mol. The molecule has 2 atom stereocenters. The second kappa shape index (κ2) is 7.33. The van der Waals surface area contributed by atoms with Crippen LogP contribution in [0.3, 0.4) is 0 Å². The molecule has 0 heterocycles. The Morgan fingerprint density at radius 1 is 0.833 bits per heavy atom. The molecule has 1 aliphatic carbocycles. The number of fused-ring (bicyclic) bond motifs is 1. The maximum absolute atomic E-state index is 12.7. The lowest BCUT2D eigenvalue weighted by Crippen LogP contribution is -2.35. The Morgan fingerprint density at radius 3 is 1.50 bits per heavy atom. The third-order valence-corrected chi connectivity index (χ3v) is 4.26. The number of ketones is 1. The Hall–Kier alpha value is -2.57. The van der Waals surface area contributed by atoms with Crippen molar-refractivity contribution >= 4 is 17.7 Å². The Balaban J connectivity index is 2.64. The molecular formula is C17H20O7. The van der Waals surface area contributed by atoms with E-state index in [0.29, 0.717) is 22.6 Å². The first kappa shape index (κ1) is 17.8. The number of ether oxygens (including phenoxy) is 4. The molecule has 0 spiro atoms. The fourth-order valence-electron chi connectivity index (χ4n) is 3.02. The number of methoxy groups -OCH3 is 4. The van der Waals surface area contributed by atoms with E-state index >= 15 is 0 Å². The van der Waals surface area contributed by atoms with E-state index in [-0.39, 0.29) is 12.8 Å². The SMILES string of the molecule is COC(=O)[C@H]1Cc2c(OC)ccc(OC)c2C[C@@H](C(=O)OC)C1=O. The smallest absolute Gasteiger partial charge is 0.316 e. The standard InChI is InChI=1S/C17H20O7/c1-21-13-5-6-14(22-2)10-8-12(17(20)24-4)15(18)11(7-9(10)13)16(19)23-3/h5-6,11-12H,7-8H2,1-4H3/t11-,12+. The van der Waals surface area contributed by atoms with Gasteiger partial charge in [-0.15, -0.1) is 0 Å². The van der Waals surface area contributed by atoms with Crippen molar-refractivity contribution in [2.75, 3.05) is 28.4 Å². The lowest BCUT2D eigenvalue weighted by molar-refractivity contribution is -0.155. The average Bonchev–Trinajstić information content (AvgIpc) is 2.76. The number of esters is 2. The first-order chi connectivity index (χ1) is 11.5. The molecule has 0 bridgehead atoms. The zero-order chi connectivity index (χ0) is 17.9. The number of hydrogen-bond donors (Lipinski definition) is 0. The molecule has 0 unspecified atom stereocenters. The quantitative estimate of drug-likeness (QED) is 0.459. The number of hydrogen-bond acceptors (Lipinski definition) is 7. The highest BCUT2D eigenvalue weighted by Gasteiger charge is 2.42. The minimum atomic E-state index is -1.10. The lowest BCUT2D eigenvalue weighted by Gasteiger charge is -2.16. The van der Waals surface area contributed by atoms with Crippen LogP contribution in [-0.2, 0) is 36.7 Å². The van der Waals surface area contributed by atoms with Crippen LogP contribution in [0.4, 0.5) is 0 Å². The highest BCUT2D eigenvalue weighted by molar-refractivity contribution is 6.09. The summed E-state index contributed by atoms with van der Waals surface area (Å²) in [5.41, 5.74) is 1.32. The molecule has 7 nitrogen and oxygen atoms in total. The molecule has 0 aliphatic heterocycles. The largest absolute Gasteiger partial charge is 0.496 e. The number of Topliss-reactive ketones (excluding diaryl/α,β-unsaturated/α-hetero) is 1. The summed E-state index contributed by atoms with van der Waals surface area (Å²) in [6.07, 6.45) is 0.156. The van der Waals surface area contributed by atoms with Crippen molar-refractivity contribution in [3.8, 4) is 11.5 Å². The Kier molecular flexibility index (Phi) is 5.43. The van der Waals surface area contributed by atoms with Crippen LogP contribution < -0.4 is 9.47 Å². The molecule has 1 aromatic carbocycles. The molecule has 0 saturated carbocycles. The van der Waals surface area contributed by atoms with Gasteiger partial charge in [0.25, 0.3) is 0 Å². The van der Waals surface area contributed by atoms with Gasteiger partial charge in [0.1, 0.15) is 23.3 Å². The highest BCUT2D eigenvalue weighted by atomic mass is 16.5. The van der Waals surface area contributed by atoms with Crippen LogP contribution >= 0.6 is 0 Å². The van der Waals surface area contributed by atoms with Crippen LogP contribution in [-0.4, -0.2) is 46.2 Å². The second-order valence-corrected chi connectivity index (χ2v) is 5.39. The maximum atomic E-state index is 12.7. The summed E-state index contributed by atoms with van der Waals surface area (Å²) >= 11 is 0. The predicted molar refractivity (Wildman–Crippen MR) is 83.0 cm³/mol. The molecular weight excluding hydrogens is 316 g/mol. The maximum Gasteiger partial charge on any atom is 0.316 e. The van der Waals surface area contributed by atoms with Crippen LogP contribution in [0.5, 0.6) is 11.5 Å². The van der Waals surface area contributed by atoms with Gasteiger partial charge in [0.15, 0.2) is 5.78 Å². The number of carbonyl (C=O) groups excluding carboxylic acids is 3. The summed E-state index contributed by atoms with van der Waals surface area (Å²) in [5, 5.41) is 0. The molecule has 2 rings (SSSR count). The average molecular weight is 336 g/mol. The van der Waals surface area contributed by atoms with Gasteiger partial charge in [0.2, 0.25) is 0 Å². The van der Waals surface area contributed by atoms with Gasteiger partial charge in [-0.05, 0) is 25.0 Å². The summed E-state index contributed by atoms with van der Waals surface area (Å²) < 4.78 is 20.2. The normalized spacial score (nSPS) is 19.8. The molecule has 0 fully saturated rings. The number of benzene rings is 1. The van der Waals surface area contributed by atoms with Gasteiger partial charge in [-0.25, -0.2) is 0 Å². The molecule has 1 aromatic rings. The van der Waals surface area contributed by atoms with Gasteiger partial charge in [0.05, 0.1) is 28.4 Å². The van der Waals surface area contributed by atoms with Crippen molar-refractivity contribution in [2.24, 2.45) is 11.8 Å². The van der Waals surface area contributed by atoms with Crippen LogP contribution in [0.15, 0.2) is 12.1 Å². The highest BCUT2D eigenvalue weighted by Crippen LogP contribution is 2.38. The van der Waals surface area contributed by atoms with Gasteiger partial charge in [-0.2, -0.15) is 0 Å². The Bertz CT molecular complexity index is 610. The van der Waals surface area contributed by atoms with Crippen molar-refractivity contribution in [1.29, 1.82) is 0 Å². The molecule has 0 saturated heterocycles. The van der Waals surface area contributed by atoms with E-state index in [0.717, 1.165) is 0 Å². The van der Waals surface area contributed by atoms with E-state index in [1.54, 1.807) is 12.1 Å². The Morgan fingerprint density at radius 2 is 1.21 bits per heavy atom. The summed E-state index contributed by atoms with van der Waals surface area (Å²) in [6.45, 7) is 0. The topological polar surface area (TPSA) is 88.1 Å². The molecule has 0 radical (unpaired) electrons. The van der Waals surface area contributed by atoms with Crippen molar-refractivity contribution in [2.45, 2.75) is 12.8 Å². The summed E-state index contributed by atoms with van der Waals surface area (Å²) in [5.74, 6) is -3.04. The lowest BCUT2D eigenvalue weighted by atomic mass is 9.90. The van der Waals surface area contributed by atoms with Crippen molar-refractivity contribution in [3.63, 3.8) is 0 Å². The molecule has 24 heavy (non-hydrogen) atoms. The minimum Gasteiger partial charge on any atom is -0.496 e. The number of carbonyl (C=O) groups is 3. The van der Waals surface area contributed by atoms with E-state index in [2.05, 4.69) is 0 Å². The molecule has 0 aromatic heterocycles. The van der Waals surface area contributed by atoms with Gasteiger partial charge < -0.3 is 18.9 Å². The zero-order valence-electron chi connectivity index (χ0n) is 14.1. The molecule has 0 N–H and O–H groups in total. The third kappa shape index (κ3) is 3.06. The van der Waals surface area contributed by atoms with Crippen LogP contribution in [0, 0.1) is 11.8 Å². The van der Waals surface area contributed by atoms with Crippen LogP contribution in [0.25, 0.3) is 0 Å². The number of rotatable bonds is 4. The van der Waals surface area contributed by atoms with Gasteiger partial charge in [-0.1, -0.05) is 0 Å². The second-order valence-electron chi connectivity index (χ2n) is 5.39. The molecule has 7 heteroatoms. The third-order valence-electron chi connectivity index (χ3n) is 4.26. The van der Waals surface area contributed by atoms with Gasteiger partial charge >= 0.3 is 11.9 Å². The van der Waals surface area contributed by atoms with E-state index < -0.39 is 29.6 Å². The van der Waals surface area contributed by atoms with Gasteiger partial charge in [0, 0.05) is 11.1 Å². The van der Waals surface area contributed by atoms with Crippen LogP contribution in [0.1, 0.15) is 11.1 Å². The zero-order valence-corrected chi connectivity index (χ0v) is 14.1. The molecule has 0 amide bonds. The van der Waals surface area contributed by atoms with Crippen LogP contribution in [0.2, 0.25) is 0 Å². The first-order valence-electron chi connectivity index (χ1n) is 7.40. The summed E-state index contributed by atoms with van der Waals surface area (Å²) in [4.78, 5) is 36.9. The minimum absolute atomic E-state index is 0.0781. The van der Waals surface area contributed by atoms with Crippen molar-refractivity contribution in [1.82, 2.24) is 0 Å². The summed E-state index contributed by atoms with van der Waals surface area (Å²) in [6, 6.07) is 3.41. The van der Waals surface area contributed by atoms with E-state index in [1.807, 2.05) is 0 Å². The molecule has 1 aliphatic rings. The Labute approximate surface area is 139 Å².